The number of halogens is 1. The fourth-order valence-corrected chi connectivity index (χ4v) is 0.767. The molecule has 0 aromatic carbocycles. The van der Waals surface area contributed by atoms with Crippen LogP contribution < -0.4 is 0 Å². The van der Waals surface area contributed by atoms with Gasteiger partial charge >= 0.3 is 0 Å². The molecule has 0 aromatic heterocycles. The lowest BCUT2D eigenvalue weighted by molar-refractivity contribution is 0.448. The normalized spacial score (nSPS) is 14.8. The monoisotopic (exact) mass is 154 g/mol. The maximum absolute atomic E-state index is 10.3. The summed E-state index contributed by atoms with van der Waals surface area (Å²) in [6.07, 6.45) is 1.57. The van der Waals surface area contributed by atoms with Crippen molar-refractivity contribution < 1.29 is 8.39 Å². The molecule has 8 heavy (non-hydrogen) atoms. The molecular formula is C4H7ClO2S. The summed E-state index contributed by atoms with van der Waals surface area (Å²) in [6, 6.07) is 0. The highest BCUT2D eigenvalue weighted by molar-refractivity contribution is 7.80. The minimum Gasteiger partial charge on any atom is -0.294 e. The molecule has 1 unspecified atom stereocenters. The van der Waals surface area contributed by atoms with Crippen molar-refractivity contribution in [2.75, 3.05) is 12.9 Å². The molecule has 0 N–H and O–H groups in total. The minimum absolute atomic E-state index is 0.361. The molecule has 0 aliphatic heterocycles. The second-order valence-electron chi connectivity index (χ2n) is 0.999. The van der Waals surface area contributed by atoms with E-state index in [2.05, 4.69) is 4.18 Å². The van der Waals surface area contributed by atoms with Crippen molar-refractivity contribution in [2.45, 2.75) is 0 Å². The summed E-state index contributed by atoms with van der Waals surface area (Å²) in [6.45, 7) is 0. The van der Waals surface area contributed by atoms with Crippen molar-refractivity contribution in [3.63, 3.8) is 0 Å². The lowest BCUT2D eigenvalue weighted by atomic mass is 10.8. The van der Waals surface area contributed by atoms with E-state index in [1.807, 2.05) is 0 Å². The van der Waals surface area contributed by atoms with Crippen LogP contribution in [0.5, 0.6) is 0 Å². The first-order valence-electron chi connectivity index (χ1n) is 1.99. The summed E-state index contributed by atoms with van der Waals surface area (Å²) in [5.41, 5.74) is 1.32. The van der Waals surface area contributed by atoms with Crippen molar-refractivity contribution in [3.8, 4) is 0 Å². The van der Waals surface area contributed by atoms with Crippen LogP contribution in [0.1, 0.15) is 0 Å². The van der Waals surface area contributed by atoms with Crippen LogP contribution in [-0.4, -0.2) is 17.1 Å². The van der Waals surface area contributed by atoms with Crippen LogP contribution in [0.15, 0.2) is 11.6 Å². The molecule has 1 atom stereocenters. The second-order valence-corrected chi connectivity index (χ2v) is 2.52. The predicted octanol–water partition coefficient (Wildman–Crippen LogP) is 1.05. The first kappa shape index (κ1) is 8.14. The van der Waals surface area contributed by atoms with Gasteiger partial charge in [-0.05, 0) is 0 Å². The topological polar surface area (TPSA) is 26.3 Å². The summed E-state index contributed by atoms with van der Waals surface area (Å²) in [5, 5.41) is 0. The van der Waals surface area contributed by atoms with E-state index >= 15 is 0 Å². The Labute approximate surface area is 56.1 Å². The molecular weight excluding hydrogens is 148 g/mol. The highest BCUT2D eigenvalue weighted by Crippen LogP contribution is 1.84. The van der Waals surface area contributed by atoms with Gasteiger partial charge in [-0.15, -0.1) is 0 Å². The molecule has 0 spiro atoms. The zero-order valence-electron chi connectivity index (χ0n) is 4.46. The third kappa shape index (κ3) is 4.30. The zero-order chi connectivity index (χ0) is 6.41. The van der Waals surface area contributed by atoms with Gasteiger partial charge in [0.15, 0.2) is 11.1 Å². The molecule has 0 aliphatic carbocycles. The van der Waals surface area contributed by atoms with Crippen LogP contribution in [0.3, 0.4) is 0 Å². The Morgan fingerprint density at radius 2 is 2.50 bits per heavy atom. The van der Waals surface area contributed by atoms with E-state index in [1.54, 1.807) is 6.08 Å². The molecule has 0 saturated heterocycles. The predicted molar refractivity (Wildman–Crippen MR) is 35.0 cm³/mol. The Balaban J connectivity index is 3.25. The fraction of sp³-hybridized carbons (Fsp3) is 0.500. The van der Waals surface area contributed by atoms with E-state index in [-0.39, 0.29) is 0 Å². The van der Waals surface area contributed by atoms with Crippen LogP contribution in [0.25, 0.3) is 0 Å². The maximum Gasteiger partial charge on any atom is 0.159 e. The van der Waals surface area contributed by atoms with Crippen molar-refractivity contribution in [3.05, 3.63) is 11.6 Å². The lowest BCUT2D eigenvalue weighted by Crippen LogP contribution is -1.94. The third-order valence-corrected chi connectivity index (χ3v) is 1.52. The van der Waals surface area contributed by atoms with Crippen molar-refractivity contribution in [2.24, 2.45) is 0 Å². The second kappa shape index (κ2) is 5.28. The van der Waals surface area contributed by atoms with Crippen LogP contribution >= 0.6 is 11.6 Å². The molecule has 0 heterocycles. The van der Waals surface area contributed by atoms with Crippen molar-refractivity contribution >= 4 is 22.7 Å². The quantitative estimate of drug-likeness (QED) is 0.608. The maximum atomic E-state index is 10.3. The summed E-state index contributed by atoms with van der Waals surface area (Å²) in [7, 11) is 1.39. The third-order valence-electron chi connectivity index (χ3n) is 0.507. The first-order chi connectivity index (χ1) is 3.81. The largest absolute Gasteiger partial charge is 0.294 e. The Kier molecular flexibility index (Phi) is 5.37. The first-order valence-corrected chi connectivity index (χ1v) is 3.67. The zero-order valence-corrected chi connectivity index (χ0v) is 6.04. The average Bonchev–Trinajstić information content (AvgIpc) is 1.83. The van der Waals surface area contributed by atoms with Gasteiger partial charge in [0.2, 0.25) is 0 Å². The molecule has 0 aromatic rings. The van der Waals surface area contributed by atoms with E-state index in [0.717, 1.165) is 0 Å². The van der Waals surface area contributed by atoms with Crippen LogP contribution in [0.2, 0.25) is 0 Å². The summed E-state index contributed by atoms with van der Waals surface area (Å²) >= 11 is 3.93. The molecule has 4 heteroatoms. The molecule has 0 bridgehead atoms. The van der Waals surface area contributed by atoms with Gasteiger partial charge in [0.1, 0.15) is 0 Å². The van der Waals surface area contributed by atoms with E-state index in [9.17, 15) is 4.21 Å². The molecule has 0 saturated carbocycles. The Bertz CT molecular complexity index is 102. The van der Waals surface area contributed by atoms with Gasteiger partial charge in [-0.3, -0.25) is 4.18 Å². The minimum atomic E-state index is -1.20. The Morgan fingerprint density at radius 1 is 1.88 bits per heavy atom. The van der Waals surface area contributed by atoms with E-state index in [4.69, 9.17) is 11.6 Å². The van der Waals surface area contributed by atoms with Crippen LogP contribution in [0.4, 0.5) is 0 Å². The molecule has 0 rings (SSSR count). The van der Waals surface area contributed by atoms with Gasteiger partial charge in [0.25, 0.3) is 0 Å². The molecule has 48 valence electrons. The Hall–Kier alpha value is 0.140. The fourth-order valence-electron chi connectivity index (χ4n) is 0.183. The standard InChI is InChI=1S/C4H7ClO2S/c1-7-8(6)4-2-3-5/h2-3H,4H2,1H3/b3-2+. The van der Waals surface area contributed by atoms with E-state index < -0.39 is 11.1 Å². The lowest BCUT2D eigenvalue weighted by Gasteiger charge is -1.88. The summed E-state index contributed by atoms with van der Waals surface area (Å²) in [5.74, 6) is 0.361. The highest BCUT2D eigenvalue weighted by atomic mass is 35.5. The molecule has 0 aliphatic rings. The van der Waals surface area contributed by atoms with Gasteiger partial charge in [-0.1, -0.05) is 17.7 Å². The molecule has 0 radical (unpaired) electrons. The average molecular weight is 155 g/mol. The number of rotatable bonds is 3. The molecule has 2 nitrogen and oxygen atoms in total. The highest BCUT2D eigenvalue weighted by Gasteiger charge is 1.88. The van der Waals surface area contributed by atoms with Gasteiger partial charge < -0.3 is 0 Å². The number of hydrogen-bond donors (Lipinski definition) is 0. The van der Waals surface area contributed by atoms with Gasteiger partial charge in [0, 0.05) is 5.54 Å². The van der Waals surface area contributed by atoms with Gasteiger partial charge in [0.05, 0.1) is 12.9 Å². The SMILES string of the molecule is COS(=O)C/C=C/Cl. The van der Waals surface area contributed by atoms with E-state index in [0.29, 0.717) is 5.75 Å². The van der Waals surface area contributed by atoms with Gasteiger partial charge in [-0.25, -0.2) is 4.21 Å². The Morgan fingerprint density at radius 3 is 2.88 bits per heavy atom. The van der Waals surface area contributed by atoms with Crippen molar-refractivity contribution in [1.29, 1.82) is 0 Å². The van der Waals surface area contributed by atoms with Crippen LogP contribution in [0, 0.1) is 0 Å². The molecule has 0 amide bonds. The van der Waals surface area contributed by atoms with Crippen molar-refractivity contribution in [1.82, 2.24) is 0 Å². The molecule has 0 fully saturated rings. The van der Waals surface area contributed by atoms with Gasteiger partial charge in [-0.2, -0.15) is 0 Å². The number of hydrogen-bond acceptors (Lipinski definition) is 2. The summed E-state index contributed by atoms with van der Waals surface area (Å²) < 4.78 is 14.8. The van der Waals surface area contributed by atoms with Crippen LogP contribution in [-0.2, 0) is 15.3 Å². The summed E-state index contributed by atoms with van der Waals surface area (Å²) in [4.78, 5) is 0. The van der Waals surface area contributed by atoms with E-state index in [1.165, 1.54) is 12.6 Å². The smallest absolute Gasteiger partial charge is 0.159 e.